The van der Waals surface area contributed by atoms with Crippen LogP contribution in [0.1, 0.15) is 16.1 Å². The maximum atomic E-state index is 11.9. The van der Waals surface area contributed by atoms with Crippen LogP contribution in [0.5, 0.6) is 5.75 Å². The highest BCUT2D eigenvalue weighted by molar-refractivity contribution is 7.89. The Kier molecular flexibility index (Phi) is 4.74. The number of amides is 1. The summed E-state index contributed by atoms with van der Waals surface area (Å²) in [5.74, 6) is -0.708. The van der Waals surface area contributed by atoms with Gasteiger partial charge in [-0.25, -0.2) is 18.1 Å². The predicted octanol–water partition coefficient (Wildman–Crippen LogP) is 0.625. The van der Waals surface area contributed by atoms with Crippen LogP contribution in [0.25, 0.3) is 0 Å². The molecule has 3 N–H and O–H groups in total. The van der Waals surface area contributed by atoms with Crippen LogP contribution >= 0.6 is 0 Å². The van der Waals surface area contributed by atoms with Crippen molar-refractivity contribution in [3.8, 4) is 5.75 Å². The van der Waals surface area contributed by atoms with E-state index in [1.54, 1.807) is 12.1 Å². The second kappa shape index (κ2) is 6.54. The Labute approximate surface area is 128 Å². The van der Waals surface area contributed by atoms with Crippen molar-refractivity contribution in [3.63, 3.8) is 0 Å². The zero-order valence-electron chi connectivity index (χ0n) is 11.8. The van der Waals surface area contributed by atoms with E-state index in [1.165, 1.54) is 37.5 Å². The van der Waals surface area contributed by atoms with Gasteiger partial charge in [0.25, 0.3) is 5.91 Å². The molecule has 0 radical (unpaired) electrons. The van der Waals surface area contributed by atoms with Gasteiger partial charge in [0.2, 0.25) is 10.0 Å². The Morgan fingerprint density at radius 3 is 2.50 bits per heavy atom. The second-order valence-electron chi connectivity index (χ2n) is 4.41. The molecule has 0 saturated carbocycles. The normalized spacial score (nSPS) is 11.1. The molecule has 1 heterocycles. The smallest absolute Gasteiger partial charge is 0.273 e. The summed E-state index contributed by atoms with van der Waals surface area (Å²) in [6.45, 7) is 0.189. The van der Waals surface area contributed by atoms with Gasteiger partial charge in [-0.15, -0.1) is 0 Å². The molecule has 0 aliphatic carbocycles. The van der Waals surface area contributed by atoms with Gasteiger partial charge < -0.3 is 10.4 Å². The molecule has 2 rings (SSSR count). The molecule has 1 aromatic carbocycles. The Bertz CT molecular complexity index is 773. The van der Waals surface area contributed by atoms with Crippen molar-refractivity contribution in [2.24, 2.45) is 0 Å². The number of carbonyl (C=O) groups excluding carboxylic acids is 1. The number of carbonyl (C=O) groups is 1. The van der Waals surface area contributed by atoms with E-state index in [9.17, 15) is 18.3 Å². The third kappa shape index (κ3) is 3.60. The van der Waals surface area contributed by atoms with Gasteiger partial charge >= 0.3 is 0 Å². The van der Waals surface area contributed by atoms with Crippen molar-refractivity contribution in [3.05, 3.63) is 53.9 Å². The first-order chi connectivity index (χ1) is 10.4. The first kappa shape index (κ1) is 15.9. The van der Waals surface area contributed by atoms with Crippen LogP contribution in [0.15, 0.2) is 47.5 Å². The van der Waals surface area contributed by atoms with E-state index in [0.29, 0.717) is 0 Å². The number of aromatic nitrogens is 1. The van der Waals surface area contributed by atoms with E-state index in [1.807, 2.05) is 0 Å². The highest BCUT2D eigenvalue weighted by Gasteiger charge is 2.13. The van der Waals surface area contributed by atoms with E-state index in [-0.39, 0.29) is 22.9 Å². The van der Waals surface area contributed by atoms with Gasteiger partial charge in [-0.05, 0) is 36.9 Å². The van der Waals surface area contributed by atoms with Crippen LogP contribution in [-0.4, -0.2) is 31.5 Å². The molecule has 1 aromatic heterocycles. The van der Waals surface area contributed by atoms with Gasteiger partial charge in [0.15, 0.2) is 5.69 Å². The number of nitrogens with one attached hydrogen (secondary N) is 2. The van der Waals surface area contributed by atoms with Gasteiger partial charge in [0, 0.05) is 12.7 Å². The highest BCUT2D eigenvalue weighted by Crippen LogP contribution is 2.13. The molecular formula is C14H15N3O4S. The van der Waals surface area contributed by atoms with Crippen molar-refractivity contribution >= 4 is 15.9 Å². The summed E-state index contributed by atoms with van der Waals surface area (Å²) < 4.78 is 25.4. The second-order valence-corrected chi connectivity index (χ2v) is 6.29. The fraction of sp³-hybridized carbons (Fsp3) is 0.143. The molecule has 116 valence electrons. The standard InChI is InChI=1S/C14H15N3O4S/c1-15-22(20,21)11-6-4-10(5-7-11)9-17-14(19)13-12(18)3-2-8-16-13/h2-8,15,18H,9H2,1H3,(H,17,19). The topological polar surface area (TPSA) is 108 Å². The number of benzene rings is 1. The van der Waals surface area contributed by atoms with Crippen LogP contribution < -0.4 is 10.0 Å². The highest BCUT2D eigenvalue weighted by atomic mass is 32.2. The minimum Gasteiger partial charge on any atom is -0.505 e. The molecule has 7 nitrogen and oxygen atoms in total. The van der Waals surface area contributed by atoms with Crippen LogP contribution in [0.2, 0.25) is 0 Å². The lowest BCUT2D eigenvalue weighted by atomic mass is 10.2. The van der Waals surface area contributed by atoms with E-state index in [2.05, 4.69) is 15.0 Å². The predicted molar refractivity (Wildman–Crippen MR) is 79.8 cm³/mol. The van der Waals surface area contributed by atoms with Gasteiger partial charge in [0.1, 0.15) is 5.75 Å². The van der Waals surface area contributed by atoms with Crippen LogP contribution in [-0.2, 0) is 16.6 Å². The summed E-state index contributed by atoms with van der Waals surface area (Å²) in [5.41, 5.74) is 0.663. The minimum atomic E-state index is -3.48. The Balaban J connectivity index is 2.04. The van der Waals surface area contributed by atoms with Gasteiger partial charge in [-0.2, -0.15) is 0 Å². The maximum absolute atomic E-state index is 11.9. The van der Waals surface area contributed by atoms with Gasteiger partial charge in [-0.1, -0.05) is 12.1 Å². The summed E-state index contributed by atoms with van der Waals surface area (Å²) in [4.78, 5) is 15.8. The fourth-order valence-electron chi connectivity index (χ4n) is 1.74. The number of nitrogens with zero attached hydrogens (tertiary/aromatic N) is 1. The molecule has 0 fully saturated rings. The molecule has 0 aliphatic rings. The summed E-state index contributed by atoms with van der Waals surface area (Å²) in [7, 11) is -2.14. The van der Waals surface area contributed by atoms with Crippen LogP contribution in [0, 0.1) is 0 Å². The molecule has 22 heavy (non-hydrogen) atoms. The number of hydrogen-bond acceptors (Lipinski definition) is 5. The monoisotopic (exact) mass is 321 g/mol. The SMILES string of the molecule is CNS(=O)(=O)c1ccc(CNC(=O)c2ncccc2O)cc1. The zero-order valence-corrected chi connectivity index (χ0v) is 12.6. The van der Waals surface area contributed by atoms with Crippen molar-refractivity contribution in [2.75, 3.05) is 7.05 Å². The lowest BCUT2D eigenvalue weighted by molar-refractivity contribution is 0.0943. The largest absolute Gasteiger partial charge is 0.505 e. The number of pyridine rings is 1. The van der Waals surface area contributed by atoms with Crippen molar-refractivity contribution in [1.82, 2.24) is 15.0 Å². The maximum Gasteiger partial charge on any atom is 0.273 e. The molecule has 0 spiro atoms. The number of sulfonamides is 1. The summed E-state index contributed by atoms with van der Waals surface area (Å²) in [6, 6.07) is 9.00. The van der Waals surface area contributed by atoms with Crippen molar-refractivity contribution < 1.29 is 18.3 Å². The molecule has 2 aromatic rings. The van der Waals surface area contributed by atoms with E-state index in [0.717, 1.165) is 5.56 Å². The average Bonchev–Trinajstić information content (AvgIpc) is 2.53. The fourth-order valence-corrected chi connectivity index (χ4v) is 2.47. The van der Waals surface area contributed by atoms with Gasteiger partial charge in [-0.3, -0.25) is 4.79 Å². The molecule has 0 bridgehead atoms. The minimum absolute atomic E-state index is 0.0584. The molecule has 0 atom stereocenters. The molecule has 8 heteroatoms. The average molecular weight is 321 g/mol. The van der Waals surface area contributed by atoms with E-state index >= 15 is 0 Å². The zero-order chi connectivity index (χ0) is 16.2. The molecular weight excluding hydrogens is 306 g/mol. The van der Waals surface area contributed by atoms with Crippen LogP contribution in [0.4, 0.5) is 0 Å². The van der Waals surface area contributed by atoms with Crippen LogP contribution in [0.3, 0.4) is 0 Å². The van der Waals surface area contributed by atoms with Crippen molar-refractivity contribution in [2.45, 2.75) is 11.4 Å². The molecule has 1 amide bonds. The molecule has 0 saturated heterocycles. The summed E-state index contributed by atoms with van der Waals surface area (Å²) in [6.07, 6.45) is 1.41. The first-order valence-corrected chi connectivity index (χ1v) is 7.87. The lowest BCUT2D eigenvalue weighted by Crippen LogP contribution is -2.24. The number of rotatable bonds is 5. The Hall–Kier alpha value is -2.45. The lowest BCUT2D eigenvalue weighted by Gasteiger charge is -2.07. The molecule has 0 unspecified atom stereocenters. The van der Waals surface area contributed by atoms with Crippen molar-refractivity contribution in [1.29, 1.82) is 0 Å². The third-order valence-electron chi connectivity index (χ3n) is 2.96. The first-order valence-electron chi connectivity index (χ1n) is 6.38. The number of hydrogen-bond donors (Lipinski definition) is 3. The summed E-state index contributed by atoms with van der Waals surface area (Å²) >= 11 is 0. The van der Waals surface area contributed by atoms with E-state index in [4.69, 9.17) is 0 Å². The quantitative estimate of drug-likeness (QED) is 0.748. The summed E-state index contributed by atoms with van der Waals surface area (Å²) in [5, 5.41) is 12.1. The van der Waals surface area contributed by atoms with E-state index < -0.39 is 15.9 Å². The Morgan fingerprint density at radius 2 is 1.91 bits per heavy atom. The van der Waals surface area contributed by atoms with Gasteiger partial charge in [0.05, 0.1) is 4.90 Å². The molecule has 0 aliphatic heterocycles. The third-order valence-corrected chi connectivity index (χ3v) is 4.39. The number of aromatic hydroxyl groups is 1. The Morgan fingerprint density at radius 1 is 1.23 bits per heavy atom.